The lowest BCUT2D eigenvalue weighted by Crippen LogP contribution is -2.15. The lowest BCUT2D eigenvalue weighted by Gasteiger charge is -2.22. The zero-order valence-electron chi connectivity index (χ0n) is 16.2. The van der Waals surface area contributed by atoms with E-state index in [0.29, 0.717) is 0 Å². The normalized spacial score (nSPS) is 13.6. The number of fused-ring (bicyclic) bond motifs is 3. The second-order valence-electron chi connectivity index (χ2n) is 8.00. The first-order chi connectivity index (χ1) is 13.6. The van der Waals surface area contributed by atoms with E-state index in [2.05, 4.69) is 116 Å². The Bertz CT molecular complexity index is 1160. The van der Waals surface area contributed by atoms with Crippen molar-refractivity contribution in [2.45, 2.75) is 19.3 Å². The summed E-state index contributed by atoms with van der Waals surface area (Å²) in [7, 11) is 0. The van der Waals surface area contributed by atoms with E-state index in [-0.39, 0.29) is 5.41 Å². The summed E-state index contributed by atoms with van der Waals surface area (Å²) in [5.74, 6) is 0. The molecule has 0 amide bonds. The van der Waals surface area contributed by atoms with Crippen LogP contribution in [0.25, 0.3) is 22.3 Å². The zero-order valence-corrected chi connectivity index (χ0v) is 16.2. The molecule has 1 heteroatoms. The minimum Gasteiger partial charge on any atom is -0.356 e. The molecule has 0 bridgehead atoms. The van der Waals surface area contributed by atoms with Gasteiger partial charge in [0.1, 0.15) is 0 Å². The van der Waals surface area contributed by atoms with Gasteiger partial charge in [-0.3, -0.25) is 0 Å². The smallest absolute Gasteiger partial charge is 0.0390 e. The summed E-state index contributed by atoms with van der Waals surface area (Å²) in [4.78, 5) is 0. The molecule has 1 nitrogen and oxygen atoms in total. The number of hydrogen-bond acceptors (Lipinski definition) is 1. The van der Waals surface area contributed by atoms with Crippen LogP contribution in [-0.4, -0.2) is 0 Å². The molecular formula is C27H23N. The molecule has 1 aliphatic carbocycles. The molecule has 0 aromatic heterocycles. The molecule has 0 fully saturated rings. The fourth-order valence-corrected chi connectivity index (χ4v) is 4.36. The molecule has 0 atom stereocenters. The fourth-order valence-electron chi connectivity index (χ4n) is 4.36. The fraction of sp³-hybridized carbons (Fsp3) is 0.111. The first kappa shape index (κ1) is 16.8. The van der Waals surface area contributed by atoms with Crippen molar-refractivity contribution < 1.29 is 0 Å². The van der Waals surface area contributed by atoms with Gasteiger partial charge in [0.15, 0.2) is 0 Å². The van der Waals surface area contributed by atoms with Crippen LogP contribution in [0.4, 0.5) is 11.4 Å². The highest BCUT2D eigenvalue weighted by Gasteiger charge is 2.35. The summed E-state index contributed by atoms with van der Waals surface area (Å²) < 4.78 is 0. The summed E-state index contributed by atoms with van der Waals surface area (Å²) in [6.07, 6.45) is 0. The quantitative estimate of drug-likeness (QED) is 0.401. The Kier molecular flexibility index (Phi) is 3.84. The van der Waals surface area contributed by atoms with Crippen molar-refractivity contribution in [3.8, 4) is 22.3 Å². The second-order valence-corrected chi connectivity index (χ2v) is 8.00. The van der Waals surface area contributed by atoms with Crippen LogP contribution in [0.3, 0.4) is 0 Å². The minimum absolute atomic E-state index is 0.0233. The monoisotopic (exact) mass is 361 g/mol. The number of nitrogens with one attached hydrogen (secondary N) is 1. The molecule has 0 saturated carbocycles. The summed E-state index contributed by atoms with van der Waals surface area (Å²) in [5, 5.41) is 3.61. The van der Waals surface area contributed by atoms with Gasteiger partial charge in [-0.25, -0.2) is 0 Å². The zero-order chi connectivity index (χ0) is 19.1. The molecule has 0 aliphatic heterocycles. The van der Waals surface area contributed by atoms with Crippen molar-refractivity contribution in [3.05, 3.63) is 108 Å². The molecule has 4 aromatic carbocycles. The van der Waals surface area contributed by atoms with E-state index in [1.165, 1.54) is 33.4 Å². The van der Waals surface area contributed by atoms with Crippen LogP contribution in [0.2, 0.25) is 0 Å². The Labute approximate surface area is 166 Å². The van der Waals surface area contributed by atoms with Crippen molar-refractivity contribution in [2.24, 2.45) is 0 Å². The van der Waals surface area contributed by atoms with Crippen LogP contribution in [0.15, 0.2) is 97.1 Å². The number of benzene rings is 4. The van der Waals surface area contributed by atoms with Crippen molar-refractivity contribution in [1.29, 1.82) is 0 Å². The SMILES string of the molecule is CC1(C)c2ccccc2-c2ccc(Nc3cccc(-c4ccccc4)c3)cc21. The standard InChI is InChI=1S/C27H23N/c1-27(2)25-14-7-6-13-23(25)24-16-15-22(18-26(24)27)28-21-12-8-11-20(17-21)19-9-4-3-5-10-19/h3-18,28H,1-2H3. The van der Waals surface area contributed by atoms with Crippen molar-refractivity contribution in [2.75, 3.05) is 5.32 Å². The third-order valence-corrected chi connectivity index (χ3v) is 5.84. The van der Waals surface area contributed by atoms with Gasteiger partial charge in [-0.1, -0.05) is 86.6 Å². The molecule has 4 aromatic rings. The average molecular weight is 361 g/mol. The van der Waals surface area contributed by atoms with Gasteiger partial charge in [0.05, 0.1) is 0 Å². The predicted molar refractivity (Wildman–Crippen MR) is 119 cm³/mol. The van der Waals surface area contributed by atoms with Crippen molar-refractivity contribution in [1.82, 2.24) is 0 Å². The van der Waals surface area contributed by atoms with E-state index in [1.54, 1.807) is 0 Å². The Hall–Kier alpha value is -3.32. The maximum Gasteiger partial charge on any atom is 0.0390 e. The third kappa shape index (κ3) is 2.71. The maximum atomic E-state index is 3.61. The van der Waals surface area contributed by atoms with E-state index in [1.807, 2.05) is 0 Å². The van der Waals surface area contributed by atoms with Crippen LogP contribution in [-0.2, 0) is 5.41 Å². The molecular weight excluding hydrogens is 338 g/mol. The maximum absolute atomic E-state index is 3.61. The Morgan fingerprint density at radius 1 is 0.536 bits per heavy atom. The van der Waals surface area contributed by atoms with Gasteiger partial charge in [0, 0.05) is 16.8 Å². The van der Waals surface area contributed by atoms with Gasteiger partial charge in [0.2, 0.25) is 0 Å². The third-order valence-electron chi connectivity index (χ3n) is 5.84. The molecule has 0 radical (unpaired) electrons. The lowest BCUT2D eigenvalue weighted by molar-refractivity contribution is 0.660. The summed E-state index contributed by atoms with van der Waals surface area (Å²) in [6.45, 7) is 4.63. The molecule has 136 valence electrons. The lowest BCUT2D eigenvalue weighted by atomic mass is 9.82. The summed E-state index contributed by atoms with van der Waals surface area (Å²) >= 11 is 0. The van der Waals surface area contributed by atoms with Crippen LogP contribution < -0.4 is 5.32 Å². The number of hydrogen-bond donors (Lipinski definition) is 1. The molecule has 0 unspecified atom stereocenters. The van der Waals surface area contributed by atoms with E-state index >= 15 is 0 Å². The van der Waals surface area contributed by atoms with Crippen molar-refractivity contribution in [3.63, 3.8) is 0 Å². The van der Waals surface area contributed by atoms with Gasteiger partial charge in [-0.15, -0.1) is 0 Å². The molecule has 0 heterocycles. The van der Waals surface area contributed by atoms with Crippen LogP contribution in [0.1, 0.15) is 25.0 Å². The largest absolute Gasteiger partial charge is 0.356 e. The van der Waals surface area contributed by atoms with E-state index in [0.717, 1.165) is 11.4 Å². The van der Waals surface area contributed by atoms with Gasteiger partial charge in [-0.05, 0) is 57.6 Å². The molecule has 0 spiro atoms. The highest BCUT2D eigenvalue weighted by molar-refractivity contribution is 5.83. The Balaban J connectivity index is 1.50. The highest BCUT2D eigenvalue weighted by Crippen LogP contribution is 2.49. The number of anilines is 2. The number of rotatable bonds is 3. The molecule has 1 aliphatic rings. The summed E-state index contributed by atoms with van der Waals surface area (Å²) in [5.41, 5.74) is 10.2. The van der Waals surface area contributed by atoms with Gasteiger partial charge < -0.3 is 5.32 Å². The molecule has 28 heavy (non-hydrogen) atoms. The molecule has 1 N–H and O–H groups in total. The van der Waals surface area contributed by atoms with E-state index < -0.39 is 0 Å². The average Bonchev–Trinajstić information content (AvgIpc) is 2.96. The second kappa shape index (κ2) is 6.38. The highest BCUT2D eigenvalue weighted by atomic mass is 14.9. The van der Waals surface area contributed by atoms with Gasteiger partial charge >= 0.3 is 0 Å². The van der Waals surface area contributed by atoms with E-state index in [9.17, 15) is 0 Å². The van der Waals surface area contributed by atoms with E-state index in [4.69, 9.17) is 0 Å². The molecule has 0 saturated heterocycles. The van der Waals surface area contributed by atoms with Crippen LogP contribution in [0, 0.1) is 0 Å². The first-order valence-electron chi connectivity index (χ1n) is 9.80. The first-order valence-corrected chi connectivity index (χ1v) is 9.80. The van der Waals surface area contributed by atoms with Crippen LogP contribution in [0.5, 0.6) is 0 Å². The molecule has 5 rings (SSSR count). The predicted octanol–water partition coefficient (Wildman–Crippen LogP) is 7.40. The Morgan fingerprint density at radius 2 is 1.21 bits per heavy atom. The summed E-state index contributed by atoms with van der Waals surface area (Å²) in [6, 6.07) is 34.6. The van der Waals surface area contributed by atoms with Crippen LogP contribution >= 0.6 is 0 Å². The van der Waals surface area contributed by atoms with Gasteiger partial charge in [-0.2, -0.15) is 0 Å². The van der Waals surface area contributed by atoms with Gasteiger partial charge in [0.25, 0.3) is 0 Å². The van der Waals surface area contributed by atoms with Crippen molar-refractivity contribution >= 4 is 11.4 Å². The topological polar surface area (TPSA) is 12.0 Å². The Morgan fingerprint density at radius 3 is 2.07 bits per heavy atom. The minimum atomic E-state index is 0.0233.